The molecule has 0 aliphatic rings. The Morgan fingerprint density at radius 3 is 2.21 bits per heavy atom. The van der Waals surface area contributed by atoms with Gasteiger partial charge in [-0.25, -0.2) is 4.79 Å². The van der Waals surface area contributed by atoms with Crippen molar-refractivity contribution in [1.29, 1.82) is 0 Å². The molecule has 28 heavy (non-hydrogen) atoms. The van der Waals surface area contributed by atoms with Gasteiger partial charge in [0.15, 0.2) is 0 Å². The van der Waals surface area contributed by atoms with Crippen molar-refractivity contribution in [3.05, 3.63) is 42.0 Å². The van der Waals surface area contributed by atoms with Crippen LogP contribution >= 0.6 is 0 Å². The lowest BCUT2D eigenvalue weighted by Crippen LogP contribution is -2.15. The first-order chi connectivity index (χ1) is 13.7. The normalized spacial score (nSPS) is 12.1. The van der Waals surface area contributed by atoms with Crippen molar-refractivity contribution >= 4 is 16.7 Å². The minimum absolute atomic E-state index is 0.0779. The van der Waals surface area contributed by atoms with Crippen LogP contribution in [0.15, 0.2) is 36.4 Å². The van der Waals surface area contributed by atoms with Gasteiger partial charge < -0.3 is 9.47 Å². The maximum Gasteiger partial charge on any atom is 0.342 e. The van der Waals surface area contributed by atoms with Gasteiger partial charge in [-0.15, -0.1) is 0 Å². The van der Waals surface area contributed by atoms with Crippen molar-refractivity contribution in [3.8, 4) is 5.75 Å². The molecular weight excluding hydrogens is 348 g/mol. The number of fused-ring (bicyclic) bond motifs is 1. The smallest absolute Gasteiger partial charge is 0.342 e. The SMILES string of the molecule is CCCCCCCCCCCC(C)Oc1ccc2ccccc2c1C(=O)OC. The monoisotopic (exact) mass is 384 g/mol. The number of rotatable bonds is 13. The molecule has 0 heterocycles. The van der Waals surface area contributed by atoms with Gasteiger partial charge in [0, 0.05) is 0 Å². The summed E-state index contributed by atoms with van der Waals surface area (Å²) in [6, 6.07) is 11.7. The molecule has 2 aromatic carbocycles. The fraction of sp³-hybridized carbons (Fsp3) is 0.560. The summed E-state index contributed by atoms with van der Waals surface area (Å²) in [5, 5.41) is 1.89. The van der Waals surface area contributed by atoms with Crippen LogP contribution in [0.25, 0.3) is 10.8 Å². The van der Waals surface area contributed by atoms with E-state index in [1.807, 2.05) is 36.4 Å². The van der Waals surface area contributed by atoms with E-state index in [2.05, 4.69) is 13.8 Å². The van der Waals surface area contributed by atoms with Crippen molar-refractivity contribution < 1.29 is 14.3 Å². The van der Waals surface area contributed by atoms with E-state index in [1.165, 1.54) is 58.5 Å². The van der Waals surface area contributed by atoms with Crippen LogP contribution < -0.4 is 4.74 Å². The Morgan fingerprint density at radius 1 is 0.893 bits per heavy atom. The van der Waals surface area contributed by atoms with Gasteiger partial charge >= 0.3 is 5.97 Å². The zero-order valence-corrected chi connectivity index (χ0v) is 17.8. The number of carbonyl (C=O) groups excluding carboxylic acids is 1. The lowest BCUT2D eigenvalue weighted by Gasteiger charge is -2.18. The van der Waals surface area contributed by atoms with Gasteiger partial charge in [-0.3, -0.25) is 0 Å². The molecule has 0 radical (unpaired) electrons. The van der Waals surface area contributed by atoms with Crippen LogP contribution in [0.2, 0.25) is 0 Å². The Morgan fingerprint density at radius 2 is 1.54 bits per heavy atom. The van der Waals surface area contributed by atoms with E-state index < -0.39 is 0 Å². The maximum absolute atomic E-state index is 12.4. The molecule has 2 aromatic rings. The quantitative estimate of drug-likeness (QED) is 0.268. The minimum atomic E-state index is -0.345. The van der Waals surface area contributed by atoms with Crippen molar-refractivity contribution in [2.24, 2.45) is 0 Å². The highest BCUT2D eigenvalue weighted by atomic mass is 16.5. The third-order valence-electron chi connectivity index (χ3n) is 5.32. The fourth-order valence-electron chi connectivity index (χ4n) is 3.68. The van der Waals surface area contributed by atoms with Gasteiger partial charge in [0.1, 0.15) is 11.3 Å². The van der Waals surface area contributed by atoms with Crippen molar-refractivity contribution in [1.82, 2.24) is 0 Å². The molecule has 0 N–H and O–H groups in total. The van der Waals surface area contributed by atoms with Crippen LogP contribution in [0, 0.1) is 0 Å². The number of unbranched alkanes of at least 4 members (excludes halogenated alkanes) is 8. The second kappa shape index (κ2) is 12.4. The summed E-state index contributed by atoms with van der Waals surface area (Å²) in [7, 11) is 1.42. The Hall–Kier alpha value is -2.03. The topological polar surface area (TPSA) is 35.5 Å². The third kappa shape index (κ3) is 6.85. The highest BCUT2D eigenvalue weighted by Crippen LogP contribution is 2.30. The van der Waals surface area contributed by atoms with E-state index in [9.17, 15) is 4.79 Å². The van der Waals surface area contributed by atoms with Gasteiger partial charge in [0.05, 0.1) is 13.2 Å². The van der Waals surface area contributed by atoms with Crippen LogP contribution in [0.5, 0.6) is 5.75 Å². The van der Waals surface area contributed by atoms with Crippen molar-refractivity contribution in [2.45, 2.75) is 84.2 Å². The number of hydrogen-bond acceptors (Lipinski definition) is 3. The van der Waals surface area contributed by atoms with Crippen LogP contribution in [0.4, 0.5) is 0 Å². The molecule has 0 aliphatic heterocycles. The second-order valence-corrected chi connectivity index (χ2v) is 7.70. The first kappa shape index (κ1) is 22.3. The number of ether oxygens (including phenoxy) is 2. The minimum Gasteiger partial charge on any atom is -0.490 e. The fourth-order valence-corrected chi connectivity index (χ4v) is 3.68. The zero-order chi connectivity index (χ0) is 20.2. The molecule has 3 heteroatoms. The van der Waals surface area contributed by atoms with Crippen molar-refractivity contribution in [3.63, 3.8) is 0 Å². The average Bonchev–Trinajstić information content (AvgIpc) is 2.71. The third-order valence-corrected chi connectivity index (χ3v) is 5.32. The van der Waals surface area contributed by atoms with E-state index in [-0.39, 0.29) is 12.1 Å². The van der Waals surface area contributed by atoms with Crippen molar-refractivity contribution in [2.75, 3.05) is 7.11 Å². The van der Waals surface area contributed by atoms with E-state index in [0.717, 1.165) is 23.6 Å². The molecule has 2 rings (SSSR count). The average molecular weight is 385 g/mol. The Bertz CT molecular complexity index is 723. The molecule has 0 saturated carbocycles. The molecule has 3 nitrogen and oxygen atoms in total. The number of esters is 1. The number of carbonyl (C=O) groups is 1. The van der Waals surface area contributed by atoms with Crippen LogP contribution in [0.1, 0.15) is 88.4 Å². The molecule has 0 bridgehead atoms. The summed E-state index contributed by atoms with van der Waals surface area (Å²) >= 11 is 0. The summed E-state index contributed by atoms with van der Waals surface area (Å²) in [6.07, 6.45) is 13.0. The van der Waals surface area contributed by atoms with Gasteiger partial charge in [0.2, 0.25) is 0 Å². The molecule has 0 fully saturated rings. The second-order valence-electron chi connectivity index (χ2n) is 7.70. The number of methoxy groups -OCH3 is 1. The summed E-state index contributed by atoms with van der Waals surface area (Å²) in [5.41, 5.74) is 0.527. The van der Waals surface area contributed by atoms with Crippen LogP contribution in [-0.4, -0.2) is 19.2 Å². The predicted octanol–water partition coefficient (Wildman–Crippen LogP) is 7.31. The molecule has 0 amide bonds. The highest BCUT2D eigenvalue weighted by Gasteiger charge is 2.18. The largest absolute Gasteiger partial charge is 0.490 e. The molecule has 0 saturated heterocycles. The summed E-state index contributed by atoms with van der Waals surface area (Å²) in [6.45, 7) is 4.34. The maximum atomic E-state index is 12.4. The molecule has 1 unspecified atom stereocenters. The van der Waals surface area contributed by atoms with Crippen LogP contribution in [-0.2, 0) is 4.74 Å². The van der Waals surface area contributed by atoms with Crippen LogP contribution in [0.3, 0.4) is 0 Å². The predicted molar refractivity (Wildman–Crippen MR) is 117 cm³/mol. The van der Waals surface area contributed by atoms with E-state index >= 15 is 0 Å². The number of benzene rings is 2. The highest BCUT2D eigenvalue weighted by molar-refractivity contribution is 6.07. The van der Waals surface area contributed by atoms with Gasteiger partial charge in [-0.05, 0) is 36.6 Å². The van der Waals surface area contributed by atoms with E-state index in [1.54, 1.807) is 0 Å². The van der Waals surface area contributed by atoms with E-state index in [0.29, 0.717) is 11.3 Å². The van der Waals surface area contributed by atoms with Gasteiger partial charge in [-0.1, -0.05) is 88.6 Å². The molecular formula is C25H36O3. The summed E-state index contributed by atoms with van der Waals surface area (Å²) in [5.74, 6) is 0.274. The first-order valence-corrected chi connectivity index (χ1v) is 10.9. The molecule has 0 aromatic heterocycles. The first-order valence-electron chi connectivity index (χ1n) is 10.9. The lowest BCUT2D eigenvalue weighted by molar-refractivity contribution is 0.0596. The standard InChI is InChI=1S/C25H36O3/c1-4-5-6-7-8-9-10-11-12-15-20(2)28-23-19-18-21-16-13-14-17-22(21)24(23)25(26)27-3/h13-14,16-20H,4-12,15H2,1-3H3. The number of hydrogen-bond donors (Lipinski definition) is 0. The summed E-state index contributed by atoms with van der Waals surface area (Å²) in [4.78, 5) is 12.4. The molecule has 0 aliphatic carbocycles. The Kier molecular flexibility index (Phi) is 9.88. The van der Waals surface area contributed by atoms with Gasteiger partial charge in [0.25, 0.3) is 0 Å². The lowest BCUT2D eigenvalue weighted by atomic mass is 10.0. The Balaban J connectivity index is 1.82. The Labute approximate surface area is 170 Å². The van der Waals surface area contributed by atoms with E-state index in [4.69, 9.17) is 9.47 Å². The molecule has 0 spiro atoms. The van der Waals surface area contributed by atoms with Gasteiger partial charge in [-0.2, -0.15) is 0 Å². The molecule has 154 valence electrons. The zero-order valence-electron chi connectivity index (χ0n) is 17.8. The molecule has 1 atom stereocenters. The summed E-state index contributed by atoms with van der Waals surface area (Å²) < 4.78 is 11.2.